The number of anilines is 1. The minimum absolute atomic E-state index is 0.251. The van der Waals surface area contributed by atoms with Crippen LogP contribution in [0.15, 0.2) is 23.2 Å². The quantitative estimate of drug-likeness (QED) is 0.474. The molecule has 0 radical (unpaired) electrons. The number of hydrogen-bond donors (Lipinski definition) is 3. The maximum atomic E-state index is 11.3. The van der Waals surface area contributed by atoms with Gasteiger partial charge < -0.3 is 16.8 Å². The summed E-state index contributed by atoms with van der Waals surface area (Å²) in [4.78, 5) is 14.6. The minimum Gasteiger partial charge on any atom is -0.370 e. The Morgan fingerprint density at radius 1 is 1.27 bits per heavy atom. The molecule has 80 valence electrons. The van der Waals surface area contributed by atoms with E-state index in [0.717, 1.165) is 16.8 Å². The van der Waals surface area contributed by atoms with Crippen molar-refractivity contribution in [1.82, 2.24) is 0 Å². The van der Waals surface area contributed by atoms with Gasteiger partial charge in [0.15, 0.2) is 5.96 Å². The molecule has 0 bridgehead atoms. The van der Waals surface area contributed by atoms with E-state index in [1.54, 1.807) is 0 Å². The van der Waals surface area contributed by atoms with Gasteiger partial charge in [0.2, 0.25) is 0 Å². The molecule has 0 saturated carbocycles. The molecule has 0 spiro atoms. The highest BCUT2D eigenvalue weighted by Crippen LogP contribution is 2.19. The molecule has 0 fully saturated rings. The van der Waals surface area contributed by atoms with Crippen molar-refractivity contribution in [2.24, 2.45) is 16.5 Å². The molecule has 2 amide bonds. The van der Waals surface area contributed by atoms with Crippen LogP contribution in [0, 0.1) is 13.8 Å². The molecular formula is C10H14N4O. The first-order valence-corrected chi connectivity index (χ1v) is 4.47. The van der Waals surface area contributed by atoms with Gasteiger partial charge in [-0.05, 0) is 25.0 Å². The van der Waals surface area contributed by atoms with Crippen LogP contribution in [0.3, 0.4) is 0 Å². The second-order valence-corrected chi connectivity index (χ2v) is 3.23. The van der Waals surface area contributed by atoms with Crippen molar-refractivity contribution in [3.8, 4) is 0 Å². The number of carbonyl (C=O) groups excluding carboxylic acids is 1. The van der Waals surface area contributed by atoms with Gasteiger partial charge in [-0.2, -0.15) is 4.99 Å². The Hall–Kier alpha value is -2.04. The average Bonchev–Trinajstić information content (AvgIpc) is 2.10. The third kappa shape index (κ3) is 2.98. The van der Waals surface area contributed by atoms with Crippen LogP contribution in [0.5, 0.6) is 0 Å². The van der Waals surface area contributed by atoms with Crippen molar-refractivity contribution < 1.29 is 4.79 Å². The number of aliphatic imine (C=N–C) groups is 1. The molecule has 1 aromatic carbocycles. The summed E-state index contributed by atoms with van der Waals surface area (Å²) in [6.07, 6.45) is 0. The van der Waals surface area contributed by atoms with Gasteiger partial charge in [0.25, 0.3) is 0 Å². The Labute approximate surface area is 88.2 Å². The summed E-state index contributed by atoms with van der Waals surface area (Å²) in [5, 5.41) is 2.62. The van der Waals surface area contributed by atoms with Crippen LogP contribution in [0.4, 0.5) is 10.5 Å². The number of amides is 2. The van der Waals surface area contributed by atoms with Gasteiger partial charge in [-0.15, -0.1) is 0 Å². The van der Waals surface area contributed by atoms with Gasteiger partial charge in [-0.3, -0.25) is 0 Å². The fraction of sp³-hybridized carbons (Fsp3) is 0.200. The molecule has 0 atom stereocenters. The van der Waals surface area contributed by atoms with Crippen molar-refractivity contribution in [2.45, 2.75) is 13.8 Å². The smallest absolute Gasteiger partial charge is 0.348 e. The van der Waals surface area contributed by atoms with E-state index >= 15 is 0 Å². The molecule has 0 heterocycles. The van der Waals surface area contributed by atoms with E-state index in [0.29, 0.717) is 0 Å². The molecule has 0 unspecified atom stereocenters. The van der Waals surface area contributed by atoms with Crippen molar-refractivity contribution in [3.05, 3.63) is 29.3 Å². The lowest BCUT2D eigenvalue weighted by molar-refractivity contribution is 0.259. The van der Waals surface area contributed by atoms with E-state index < -0.39 is 6.03 Å². The first-order valence-electron chi connectivity index (χ1n) is 4.47. The lowest BCUT2D eigenvalue weighted by Gasteiger charge is -2.08. The standard InChI is InChI=1S/C10H14N4O/c1-6-4-3-5-7(2)8(6)13-10(15)14-9(11)12/h3-5H,1-2H3,(H5,11,12,13,14,15). The zero-order valence-corrected chi connectivity index (χ0v) is 8.74. The highest BCUT2D eigenvalue weighted by atomic mass is 16.2. The van der Waals surface area contributed by atoms with Gasteiger partial charge in [0.1, 0.15) is 0 Å². The van der Waals surface area contributed by atoms with Crippen molar-refractivity contribution in [2.75, 3.05) is 5.32 Å². The zero-order chi connectivity index (χ0) is 11.4. The van der Waals surface area contributed by atoms with Gasteiger partial charge in [0, 0.05) is 5.69 Å². The number of nitrogens with two attached hydrogens (primary N) is 2. The Bertz CT molecular complexity index is 388. The molecule has 0 aliphatic heterocycles. The number of carbonyl (C=O) groups is 1. The number of benzene rings is 1. The third-order valence-corrected chi connectivity index (χ3v) is 1.94. The van der Waals surface area contributed by atoms with Gasteiger partial charge >= 0.3 is 6.03 Å². The predicted octanol–water partition coefficient (Wildman–Crippen LogP) is 1.11. The minimum atomic E-state index is -0.563. The van der Waals surface area contributed by atoms with Crippen LogP contribution in [0.2, 0.25) is 0 Å². The molecule has 1 rings (SSSR count). The normalized spacial score (nSPS) is 9.47. The summed E-state index contributed by atoms with van der Waals surface area (Å²) in [6.45, 7) is 3.80. The molecule has 0 saturated heterocycles. The first-order chi connectivity index (χ1) is 7.00. The molecule has 15 heavy (non-hydrogen) atoms. The highest BCUT2D eigenvalue weighted by molar-refractivity contribution is 5.98. The van der Waals surface area contributed by atoms with Crippen molar-refractivity contribution in [1.29, 1.82) is 0 Å². The summed E-state index contributed by atoms with van der Waals surface area (Å²) < 4.78 is 0. The first kappa shape index (κ1) is 11.0. The summed E-state index contributed by atoms with van der Waals surface area (Å²) >= 11 is 0. The number of urea groups is 1. The number of para-hydroxylation sites is 1. The second kappa shape index (κ2) is 4.45. The van der Waals surface area contributed by atoms with E-state index in [4.69, 9.17) is 11.5 Å². The molecule has 5 N–H and O–H groups in total. The molecular weight excluding hydrogens is 192 g/mol. The lowest BCUT2D eigenvalue weighted by atomic mass is 10.1. The SMILES string of the molecule is Cc1cccc(C)c1NC(=O)N=C(N)N. The molecule has 0 aliphatic carbocycles. The van der Waals surface area contributed by atoms with Gasteiger partial charge in [0.05, 0.1) is 0 Å². The average molecular weight is 206 g/mol. The van der Waals surface area contributed by atoms with Crippen LogP contribution >= 0.6 is 0 Å². The summed E-state index contributed by atoms with van der Waals surface area (Å²) in [5.41, 5.74) is 12.9. The Balaban J connectivity index is 2.90. The van der Waals surface area contributed by atoms with Crippen LogP contribution in [0.1, 0.15) is 11.1 Å². The molecule has 0 aliphatic rings. The molecule has 0 aromatic heterocycles. The second-order valence-electron chi connectivity index (χ2n) is 3.23. The van der Waals surface area contributed by atoms with E-state index in [9.17, 15) is 4.79 Å². The number of hydrogen-bond acceptors (Lipinski definition) is 1. The topological polar surface area (TPSA) is 93.5 Å². The number of aryl methyl sites for hydroxylation is 2. The van der Waals surface area contributed by atoms with Crippen molar-refractivity contribution >= 4 is 17.7 Å². The molecule has 5 nitrogen and oxygen atoms in total. The highest BCUT2D eigenvalue weighted by Gasteiger charge is 2.05. The van der Waals surface area contributed by atoms with E-state index in [-0.39, 0.29) is 5.96 Å². The Morgan fingerprint density at radius 3 is 2.27 bits per heavy atom. The van der Waals surface area contributed by atoms with Crippen LogP contribution < -0.4 is 16.8 Å². The van der Waals surface area contributed by atoms with Crippen molar-refractivity contribution in [3.63, 3.8) is 0 Å². The molecule has 5 heteroatoms. The third-order valence-electron chi connectivity index (χ3n) is 1.94. The summed E-state index contributed by atoms with van der Waals surface area (Å²) in [5.74, 6) is -0.251. The maximum Gasteiger partial charge on any atom is 0.348 e. The molecule has 1 aromatic rings. The number of nitrogens with zero attached hydrogens (tertiary/aromatic N) is 1. The fourth-order valence-electron chi connectivity index (χ4n) is 1.26. The lowest BCUT2D eigenvalue weighted by Crippen LogP contribution is -2.25. The number of nitrogens with one attached hydrogen (secondary N) is 1. The number of rotatable bonds is 1. The summed E-state index contributed by atoms with van der Waals surface area (Å²) in [6, 6.07) is 5.16. The predicted molar refractivity (Wildman–Crippen MR) is 60.7 cm³/mol. The Kier molecular flexibility index (Phi) is 3.28. The summed E-state index contributed by atoms with van der Waals surface area (Å²) in [7, 11) is 0. The van der Waals surface area contributed by atoms with Crippen LogP contribution in [0.25, 0.3) is 0 Å². The van der Waals surface area contributed by atoms with E-state index in [1.807, 2.05) is 32.0 Å². The maximum absolute atomic E-state index is 11.3. The van der Waals surface area contributed by atoms with Crippen LogP contribution in [-0.2, 0) is 0 Å². The fourth-order valence-corrected chi connectivity index (χ4v) is 1.26. The van der Waals surface area contributed by atoms with Gasteiger partial charge in [-0.25, -0.2) is 4.79 Å². The monoisotopic (exact) mass is 206 g/mol. The largest absolute Gasteiger partial charge is 0.370 e. The Morgan fingerprint density at radius 2 is 1.80 bits per heavy atom. The van der Waals surface area contributed by atoms with Gasteiger partial charge in [-0.1, -0.05) is 18.2 Å². The van der Waals surface area contributed by atoms with Crippen LogP contribution in [-0.4, -0.2) is 12.0 Å². The van der Waals surface area contributed by atoms with E-state index in [1.165, 1.54) is 0 Å². The van der Waals surface area contributed by atoms with E-state index in [2.05, 4.69) is 10.3 Å². The zero-order valence-electron chi connectivity index (χ0n) is 8.74. The number of guanidine groups is 1.